The third-order valence-electron chi connectivity index (χ3n) is 5.04. The molecular weight excluding hydrogens is 334 g/mol. The first-order valence-electron chi connectivity index (χ1n) is 9.45. The molecule has 0 bridgehead atoms. The smallest absolute Gasteiger partial charge is 0.193 e. The van der Waals surface area contributed by atoms with Crippen molar-refractivity contribution in [2.45, 2.75) is 19.4 Å². The van der Waals surface area contributed by atoms with E-state index in [0.717, 1.165) is 44.1 Å². The summed E-state index contributed by atoms with van der Waals surface area (Å²) in [5.41, 5.74) is 5.25. The maximum absolute atomic E-state index is 4.48. The molecule has 0 radical (unpaired) electrons. The van der Waals surface area contributed by atoms with Gasteiger partial charge >= 0.3 is 0 Å². The van der Waals surface area contributed by atoms with Crippen LogP contribution in [-0.2, 0) is 19.4 Å². The Labute approximate surface area is 160 Å². The molecule has 0 atom stereocenters. The molecule has 0 saturated heterocycles. The molecule has 0 aliphatic carbocycles. The fourth-order valence-electron chi connectivity index (χ4n) is 3.56. The lowest BCUT2D eigenvalue weighted by atomic mass is 10.0. The Morgan fingerprint density at radius 3 is 2.63 bits per heavy atom. The van der Waals surface area contributed by atoms with Crippen LogP contribution in [0.2, 0.25) is 0 Å². The topological polar surface area (TPSA) is 45.5 Å². The molecule has 0 spiro atoms. The van der Waals surface area contributed by atoms with Gasteiger partial charge in [-0.25, -0.2) is 4.68 Å². The van der Waals surface area contributed by atoms with Crippen molar-refractivity contribution in [2.24, 2.45) is 4.99 Å². The molecule has 0 saturated carbocycles. The van der Waals surface area contributed by atoms with Crippen molar-refractivity contribution >= 4 is 5.96 Å². The Hall–Kier alpha value is -3.08. The summed E-state index contributed by atoms with van der Waals surface area (Å²) in [6.07, 6.45) is 5.79. The Bertz CT molecular complexity index is 897. The number of rotatable bonds is 4. The second-order valence-corrected chi connectivity index (χ2v) is 6.78. The number of aromatic nitrogens is 2. The highest BCUT2D eigenvalue weighted by molar-refractivity contribution is 5.80. The van der Waals surface area contributed by atoms with Crippen molar-refractivity contribution in [1.82, 2.24) is 20.0 Å². The minimum atomic E-state index is 0.867. The van der Waals surface area contributed by atoms with Gasteiger partial charge in [0.2, 0.25) is 0 Å². The van der Waals surface area contributed by atoms with Crippen LogP contribution in [0.5, 0.6) is 0 Å². The highest BCUT2D eigenvalue weighted by Gasteiger charge is 2.18. The maximum atomic E-state index is 4.48. The van der Waals surface area contributed by atoms with Crippen LogP contribution in [0, 0.1) is 0 Å². The molecular formula is C22H25N5. The molecule has 5 heteroatoms. The van der Waals surface area contributed by atoms with Crippen molar-refractivity contribution < 1.29 is 0 Å². The number of nitrogens with one attached hydrogen (secondary N) is 1. The highest BCUT2D eigenvalue weighted by atomic mass is 15.3. The molecule has 138 valence electrons. The molecule has 27 heavy (non-hydrogen) atoms. The van der Waals surface area contributed by atoms with Crippen molar-refractivity contribution in [3.63, 3.8) is 0 Å². The summed E-state index contributed by atoms with van der Waals surface area (Å²) in [4.78, 5) is 6.82. The molecule has 1 aromatic heterocycles. The molecule has 0 amide bonds. The molecule has 1 N–H and O–H groups in total. The van der Waals surface area contributed by atoms with Gasteiger partial charge in [-0.3, -0.25) is 4.99 Å². The maximum Gasteiger partial charge on any atom is 0.193 e. The van der Waals surface area contributed by atoms with Gasteiger partial charge in [0.15, 0.2) is 5.96 Å². The normalized spacial score (nSPS) is 14.1. The number of hydrogen-bond donors (Lipinski definition) is 1. The van der Waals surface area contributed by atoms with E-state index in [2.05, 4.69) is 68.8 Å². The number of fused-ring (bicyclic) bond motifs is 1. The first-order valence-corrected chi connectivity index (χ1v) is 9.45. The fraction of sp³-hybridized carbons (Fsp3) is 0.273. The molecule has 3 aromatic rings. The lowest BCUT2D eigenvalue weighted by molar-refractivity contribution is 0.379. The van der Waals surface area contributed by atoms with E-state index in [4.69, 9.17) is 0 Å². The summed E-state index contributed by atoms with van der Waals surface area (Å²) >= 11 is 0. The zero-order chi connectivity index (χ0) is 18.5. The molecule has 5 nitrogen and oxygen atoms in total. The summed E-state index contributed by atoms with van der Waals surface area (Å²) < 4.78 is 1.87. The zero-order valence-electron chi connectivity index (χ0n) is 15.7. The molecule has 2 aromatic carbocycles. The van der Waals surface area contributed by atoms with E-state index >= 15 is 0 Å². The molecule has 1 aliphatic heterocycles. The average molecular weight is 359 g/mol. The second-order valence-electron chi connectivity index (χ2n) is 6.78. The van der Waals surface area contributed by atoms with Gasteiger partial charge in [-0.1, -0.05) is 36.4 Å². The van der Waals surface area contributed by atoms with E-state index in [1.54, 1.807) is 6.20 Å². The van der Waals surface area contributed by atoms with Crippen molar-refractivity contribution in [3.8, 4) is 5.69 Å². The van der Waals surface area contributed by atoms with Gasteiger partial charge < -0.3 is 10.2 Å². The summed E-state index contributed by atoms with van der Waals surface area (Å²) in [5, 5.41) is 7.78. The summed E-state index contributed by atoms with van der Waals surface area (Å²) in [6, 6.07) is 19.2. The third-order valence-corrected chi connectivity index (χ3v) is 5.04. The van der Waals surface area contributed by atoms with E-state index in [-0.39, 0.29) is 0 Å². The lowest BCUT2D eigenvalue weighted by Gasteiger charge is -2.31. The molecule has 2 heterocycles. The molecule has 0 unspecified atom stereocenters. The van der Waals surface area contributed by atoms with Crippen LogP contribution < -0.4 is 5.32 Å². The van der Waals surface area contributed by atoms with Gasteiger partial charge in [0.1, 0.15) is 0 Å². The summed E-state index contributed by atoms with van der Waals surface area (Å²) in [5.74, 6) is 0.984. The van der Waals surface area contributed by atoms with Gasteiger partial charge in [0.25, 0.3) is 0 Å². The van der Waals surface area contributed by atoms with E-state index in [1.165, 1.54) is 16.7 Å². The Morgan fingerprint density at radius 1 is 1.07 bits per heavy atom. The van der Waals surface area contributed by atoms with E-state index in [9.17, 15) is 0 Å². The van der Waals surface area contributed by atoms with Crippen LogP contribution in [0.25, 0.3) is 5.69 Å². The van der Waals surface area contributed by atoms with Gasteiger partial charge in [-0.05, 0) is 47.7 Å². The van der Waals surface area contributed by atoms with Crippen LogP contribution in [-0.4, -0.2) is 40.8 Å². The average Bonchev–Trinajstić information content (AvgIpc) is 3.26. The predicted molar refractivity (Wildman–Crippen MR) is 109 cm³/mol. The highest BCUT2D eigenvalue weighted by Crippen LogP contribution is 2.18. The summed E-state index contributed by atoms with van der Waals surface area (Å²) in [7, 11) is 1.86. The van der Waals surface area contributed by atoms with E-state index in [1.807, 2.05) is 24.0 Å². The van der Waals surface area contributed by atoms with Crippen LogP contribution in [0.15, 0.2) is 72.0 Å². The number of aliphatic imine (C=N–C) groups is 1. The molecule has 4 rings (SSSR count). The largest absolute Gasteiger partial charge is 0.356 e. The molecule has 1 aliphatic rings. The van der Waals surface area contributed by atoms with Crippen LogP contribution >= 0.6 is 0 Å². The van der Waals surface area contributed by atoms with Crippen LogP contribution in [0.3, 0.4) is 0 Å². The summed E-state index contributed by atoms with van der Waals surface area (Å²) in [6.45, 7) is 2.80. The second kappa shape index (κ2) is 8.08. The minimum Gasteiger partial charge on any atom is -0.356 e. The minimum absolute atomic E-state index is 0.867. The number of hydrogen-bond acceptors (Lipinski definition) is 2. The number of guanidine groups is 1. The van der Waals surface area contributed by atoms with Crippen molar-refractivity contribution in [2.75, 3.05) is 20.1 Å². The van der Waals surface area contributed by atoms with Gasteiger partial charge in [-0.15, -0.1) is 0 Å². The van der Waals surface area contributed by atoms with Gasteiger partial charge in [0, 0.05) is 39.1 Å². The Balaban J connectivity index is 1.31. The zero-order valence-corrected chi connectivity index (χ0v) is 15.7. The van der Waals surface area contributed by atoms with E-state index < -0.39 is 0 Å². The standard InChI is InChI=1S/C22H25N5/c1-23-22(26-16-12-19-5-2-3-6-20(19)17-26)24-14-11-18-7-9-21(10-8-18)27-15-4-13-25-27/h2-10,13,15H,11-12,14,16-17H2,1H3,(H,23,24). The molecule has 0 fully saturated rings. The Kier molecular flexibility index (Phi) is 5.19. The van der Waals surface area contributed by atoms with Gasteiger partial charge in [-0.2, -0.15) is 5.10 Å². The quantitative estimate of drug-likeness (QED) is 0.575. The first-order chi connectivity index (χ1) is 13.3. The SMILES string of the molecule is CN=C(NCCc1ccc(-n2cccn2)cc1)N1CCc2ccccc2C1. The number of nitrogens with zero attached hydrogens (tertiary/aromatic N) is 4. The number of benzene rings is 2. The fourth-order valence-corrected chi connectivity index (χ4v) is 3.56. The van der Waals surface area contributed by atoms with Crippen molar-refractivity contribution in [3.05, 3.63) is 83.7 Å². The van der Waals surface area contributed by atoms with Crippen molar-refractivity contribution in [1.29, 1.82) is 0 Å². The predicted octanol–water partition coefficient (Wildman–Crippen LogP) is 3.05. The van der Waals surface area contributed by atoms with Crippen LogP contribution in [0.1, 0.15) is 16.7 Å². The lowest BCUT2D eigenvalue weighted by Crippen LogP contribution is -2.44. The first kappa shape index (κ1) is 17.3. The third kappa shape index (κ3) is 4.03. The monoisotopic (exact) mass is 359 g/mol. The van der Waals surface area contributed by atoms with E-state index in [0.29, 0.717) is 0 Å². The Morgan fingerprint density at radius 2 is 1.89 bits per heavy atom. The van der Waals surface area contributed by atoms with Gasteiger partial charge in [0.05, 0.1) is 5.69 Å². The van der Waals surface area contributed by atoms with Crippen LogP contribution in [0.4, 0.5) is 0 Å².